The molecule has 0 aliphatic carbocycles. The summed E-state index contributed by atoms with van der Waals surface area (Å²) >= 11 is 3.50. The van der Waals surface area contributed by atoms with Crippen molar-refractivity contribution < 1.29 is 19.1 Å². The van der Waals surface area contributed by atoms with Gasteiger partial charge in [-0.1, -0.05) is 88.7 Å². The Kier molecular flexibility index (Phi) is 6.75. The highest BCUT2D eigenvalue weighted by Gasteiger charge is 2.41. The molecular weight excluding hydrogens is 482 g/mol. The van der Waals surface area contributed by atoms with E-state index in [9.17, 15) is 9.59 Å². The summed E-state index contributed by atoms with van der Waals surface area (Å²) in [6.07, 6.45) is 0. The highest BCUT2D eigenvalue weighted by Crippen LogP contribution is 2.44. The number of halogens is 1. The lowest BCUT2D eigenvalue weighted by molar-refractivity contribution is -0.139. The molecule has 1 heterocycles. The number of benzene rings is 3. The van der Waals surface area contributed by atoms with Crippen LogP contribution in [0.3, 0.4) is 0 Å². The SMILES string of the molecule is CCOC(=O)C1=C(N)OC(c2ccccc2)=C(C(=O)c2ccccc2)C1c1cccc(Br)c1. The minimum atomic E-state index is -0.779. The van der Waals surface area contributed by atoms with Crippen LogP contribution in [0.2, 0.25) is 0 Å². The summed E-state index contributed by atoms with van der Waals surface area (Å²) in [5.41, 5.74) is 8.61. The van der Waals surface area contributed by atoms with E-state index in [2.05, 4.69) is 15.9 Å². The molecule has 3 aromatic rings. The van der Waals surface area contributed by atoms with E-state index < -0.39 is 11.9 Å². The van der Waals surface area contributed by atoms with E-state index in [1.54, 1.807) is 31.2 Å². The van der Waals surface area contributed by atoms with Crippen LogP contribution >= 0.6 is 15.9 Å². The van der Waals surface area contributed by atoms with Gasteiger partial charge in [0.25, 0.3) is 0 Å². The number of allylic oxidation sites excluding steroid dienone is 1. The molecule has 1 unspecified atom stereocenters. The van der Waals surface area contributed by atoms with E-state index in [0.717, 1.165) is 4.47 Å². The Bertz CT molecular complexity index is 1250. The van der Waals surface area contributed by atoms with E-state index in [1.165, 1.54) is 0 Å². The molecule has 0 spiro atoms. The molecule has 0 saturated carbocycles. The summed E-state index contributed by atoms with van der Waals surface area (Å²) in [4.78, 5) is 27.0. The molecule has 0 radical (unpaired) electrons. The third kappa shape index (κ3) is 4.61. The summed E-state index contributed by atoms with van der Waals surface area (Å²) in [6.45, 7) is 1.88. The van der Waals surface area contributed by atoms with Gasteiger partial charge < -0.3 is 15.2 Å². The number of Topliss-reactive ketones (excluding diaryl/α,β-unsaturated/α-hetero) is 1. The number of hydrogen-bond acceptors (Lipinski definition) is 5. The lowest BCUT2D eigenvalue weighted by Crippen LogP contribution is -2.29. The van der Waals surface area contributed by atoms with Gasteiger partial charge in [-0.05, 0) is 24.6 Å². The number of esters is 1. The van der Waals surface area contributed by atoms with Gasteiger partial charge in [-0.15, -0.1) is 0 Å². The van der Waals surface area contributed by atoms with Crippen molar-refractivity contribution in [3.63, 3.8) is 0 Å². The van der Waals surface area contributed by atoms with Crippen molar-refractivity contribution in [1.29, 1.82) is 0 Å². The standard InChI is InChI=1S/C27H22BrNO4/c1-2-32-27(31)23-21(19-14-9-15-20(28)16-19)22(24(30)17-10-5-3-6-11-17)25(33-26(23)29)18-12-7-4-8-13-18/h3-16,21H,2,29H2,1H3. The quantitative estimate of drug-likeness (QED) is 0.350. The first-order valence-electron chi connectivity index (χ1n) is 10.5. The lowest BCUT2D eigenvalue weighted by Gasteiger charge is -2.30. The summed E-state index contributed by atoms with van der Waals surface area (Å²) < 4.78 is 12.1. The number of ketones is 1. The van der Waals surface area contributed by atoms with E-state index in [4.69, 9.17) is 15.2 Å². The molecule has 6 heteroatoms. The second-order valence-corrected chi connectivity index (χ2v) is 8.31. The summed E-state index contributed by atoms with van der Waals surface area (Å²) in [5, 5.41) is 0. The fourth-order valence-corrected chi connectivity index (χ4v) is 4.28. The minimum absolute atomic E-state index is 0.0816. The van der Waals surface area contributed by atoms with Crippen LogP contribution in [-0.4, -0.2) is 18.4 Å². The minimum Gasteiger partial charge on any atom is -0.462 e. The predicted octanol–water partition coefficient (Wildman–Crippen LogP) is 5.59. The number of nitrogens with two attached hydrogens (primary N) is 1. The van der Waals surface area contributed by atoms with Crippen LogP contribution in [0.4, 0.5) is 0 Å². The summed E-state index contributed by atoms with van der Waals surface area (Å²) in [7, 11) is 0. The number of carbonyl (C=O) groups excluding carboxylic acids is 2. The van der Waals surface area contributed by atoms with Gasteiger partial charge in [0.15, 0.2) is 5.78 Å². The number of ether oxygens (including phenoxy) is 2. The van der Waals surface area contributed by atoms with Gasteiger partial charge in [0, 0.05) is 15.6 Å². The first-order chi connectivity index (χ1) is 16.0. The van der Waals surface area contributed by atoms with Crippen molar-refractivity contribution in [2.45, 2.75) is 12.8 Å². The molecule has 0 aromatic heterocycles. The maximum atomic E-state index is 13.9. The smallest absolute Gasteiger partial charge is 0.340 e. The molecule has 5 nitrogen and oxygen atoms in total. The highest BCUT2D eigenvalue weighted by atomic mass is 79.9. The third-order valence-corrected chi connectivity index (χ3v) is 5.79. The second kappa shape index (κ2) is 9.88. The van der Waals surface area contributed by atoms with Crippen molar-refractivity contribution in [3.8, 4) is 0 Å². The van der Waals surface area contributed by atoms with Crippen molar-refractivity contribution in [3.05, 3.63) is 123 Å². The molecule has 0 bridgehead atoms. The molecular formula is C27H22BrNO4. The average Bonchev–Trinajstić information content (AvgIpc) is 2.84. The van der Waals surface area contributed by atoms with Gasteiger partial charge in [-0.3, -0.25) is 4.79 Å². The second-order valence-electron chi connectivity index (χ2n) is 7.39. The number of carbonyl (C=O) groups is 2. The fraction of sp³-hybridized carbons (Fsp3) is 0.111. The molecule has 3 aromatic carbocycles. The topological polar surface area (TPSA) is 78.6 Å². The van der Waals surface area contributed by atoms with Crippen LogP contribution in [0.1, 0.15) is 34.3 Å². The van der Waals surface area contributed by atoms with Gasteiger partial charge in [0.05, 0.1) is 18.1 Å². The molecule has 33 heavy (non-hydrogen) atoms. The maximum absolute atomic E-state index is 13.9. The van der Waals surface area contributed by atoms with Gasteiger partial charge in [-0.2, -0.15) is 0 Å². The van der Waals surface area contributed by atoms with Gasteiger partial charge in [0.1, 0.15) is 11.3 Å². The molecule has 0 fully saturated rings. The first-order valence-corrected chi connectivity index (χ1v) is 11.3. The Labute approximate surface area is 200 Å². The van der Waals surface area contributed by atoms with Gasteiger partial charge >= 0.3 is 5.97 Å². The molecule has 1 aliphatic heterocycles. The Morgan fingerprint density at radius 1 is 0.939 bits per heavy atom. The lowest BCUT2D eigenvalue weighted by atomic mass is 9.78. The molecule has 166 valence electrons. The van der Waals surface area contributed by atoms with Gasteiger partial charge in [0.2, 0.25) is 5.88 Å². The normalized spacial score (nSPS) is 15.8. The van der Waals surface area contributed by atoms with Crippen LogP contribution in [0, 0.1) is 0 Å². The van der Waals surface area contributed by atoms with Gasteiger partial charge in [-0.25, -0.2) is 4.79 Å². The van der Waals surface area contributed by atoms with Crippen LogP contribution < -0.4 is 5.73 Å². The Hall–Kier alpha value is -3.64. The summed E-state index contributed by atoms with van der Waals surface area (Å²) in [5.74, 6) is -1.42. The Morgan fingerprint density at radius 2 is 1.61 bits per heavy atom. The number of hydrogen-bond donors (Lipinski definition) is 1. The molecule has 0 amide bonds. The highest BCUT2D eigenvalue weighted by molar-refractivity contribution is 9.10. The third-order valence-electron chi connectivity index (χ3n) is 5.29. The maximum Gasteiger partial charge on any atom is 0.340 e. The number of rotatable bonds is 6. The van der Waals surface area contributed by atoms with Crippen LogP contribution in [0.15, 0.2) is 106 Å². The zero-order valence-corrected chi connectivity index (χ0v) is 19.5. The van der Waals surface area contributed by atoms with Crippen LogP contribution in [0.25, 0.3) is 5.76 Å². The fourth-order valence-electron chi connectivity index (χ4n) is 3.87. The molecule has 2 N–H and O–H groups in total. The molecule has 1 aliphatic rings. The molecule has 1 atom stereocenters. The largest absolute Gasteiger partial charge is 0.462 e. The van der Waals surface area contributed by atoms with Crippen molar-refractivity contribution in [1.82, 2.24) is 0 Å². The van der Waals surface area contributed by atoms with Crippen molar-refractivity contribution in [2.24, 2.45) is 5.73 Å². The van der Waals surface area contributed by atoms with Crippen LogP contribution in [0.5, 0.6) is 0 Å². The van der Waals surface area contributed by atoms with E-state index in [0.29, 0.717) is 28.0 Å². The van der Waals surface area contributed by atoms with Crippen molar-refractivity contribution in [2.75, 3.05) is 6.61 Å². The van der Waals surface area contributed by atoms with E-state index in [-0.39, 0.29) is 23.8 Å². The van der Waals surface area contributed by atoms with Crippen molar-refractivity contribution >= 4 is 33.4 Å². The monoisotopic (exact) mass is 503 g/mol. The zero-order chi connectivity index (χ0) is 23.4. The van der Waals surface area contributed by atoms with E-state index >= 15 is 0 Å². The molecule has 4 rings (SSSR count). The molecule has 0 saturated heterocycles. The first kappa shape index (κ1) is 22.6. The Morgan fingerprint density at radius 3 is 2.24 bits per heavy atom. The van der Waals surface area contributed by atoms with Crippen LogP contribution in [-0.2, 0) is 14.3 Å². The van der Waals surface area contributed by atoms with E-state index in [1.807, 2.05) is 60.7 Å². The zero-order valence-electron chi connectivity index (χ0n) is 18.0. The summed E-state index contributed by atoms with van der Waals surface area (Å²) in [6, 6.07) is 25.6. The Balaban J connectivity index is 2.01. The predicted molar refractivity (Wildman–Crippen MR) is 130 cm³/mol. The average molecular weight is 504 g/mol.